The second-order valence-electron chi connectivity index (χ2n) is 5.62. The first-order valence-corrected chi connectivity index (χ1v) is 7.96. The van der Waals surface area contributed by atoms with Crippen LogP contribution in [0.3, 0.4) is 0 Å². The zero-order valence-corrected chi connectivity index (χ0v) is 14.3. The first-order chi connectivity index (χ1) is 11.9. The fourth-order valence-corrected chi connectivity index (χ4v) is 2.23. The molecule has 0 spiro atoms. The highest BCUT2D eigenvalue weighted by Crippen LogP contribution is 2.14. The van der Waals surface area contributed by atoms with Gasteiger partial charge < -0.3 is 16.0 Å². The molecule has 2 amide bonds. The van der Waals surface area contributed by atoms with E-state index in [2.05, 4.69) is 16.0 Å². The first-order valence-electron chi connectivity index (χ1n) is 7.96. The number of carbonyl (C=O) groups is 3. The van der Waals surface area contributed by atoms with Crippen molar-refractivity contribution < 1.29 is 14.4 Å². The molecule has 0 radical (unpaired) electrons. The third kappa shape index (κ3) is 6.10. The SMILES string of the molecule is CC(=O)Nc1ccc(NC(=O)CCNc2cccc(C(C)=O)c2)cc1. The molecule has 3 N–H and O–H groups in total. The van der Waals surface area contributed by atoms with Crippen LogP contribution in [-0.2, 0) is 9.59 Å². The van der Waals surface area contributed by atoms with E-state index in [9.17, 15) is 14.4 Å². The summed E-state index contributed by atoms with van der Waals surface area (Å²) in [7, 11) is 0. The lowest BCUT2D eigenvalue weighted by Gasteiger charge is -2.09. The lowest BCUT2D eigenvalue weighted by molar-refractivity contribution is -0.116. The summed E-state index contributed by atoms with van der Waals surface area (Å²) in [6, 6.07) is 14.1. The summed E-state index contributed by atoms with van der Waals surface area (Å²) in [6.45, 7) is 3.41. The minimum Gasteiger partial charge on any atom is -0.385 e. The zero-order valence-electron chi connectivity index (χ0n) is 14.3. The number of amides is 2. The molecule has 0 aliphatic carbocycles. The summed E-state index contributed by atoms with van der Waals surface area (Å²) in [5, 5.41) is 8.58. The predicted octanol–water partition coefficient (Wildman–Crippen LogP) is 3.29. The topological polar surface area (TPSA) is 87.3 Å². The minimum absolute atomic E-state index is 0.00380. The van der Waals surface area contributed by atoms with Gasteiger partial charge in [-0.1, -0.05) is 12.1 Å². The van der Waals surface area contributed by atoms with Crippen LogP contribution < -0.4 is 16.0 Å². The van der Waals surface area contributed by atoms with Crippen molar-refractivity contribution in [2.75, 3.05) is 22.5 Å². The Morgan fingerprint density at radius 1 is 0.840 bits per heavy atom. The number of anilines is 3. The quantitative estimate of drug-likeness (QED) is 0.676. The van der Waals surface area contributed by atoms with E-state index in [4.69, 9.17) is 0 Å². The van der Waals surface area contributed by atoms with Crippen molar-refractivity contribution in [2.45, 2.75) is 20.3 Å². The van der Waals surface area contributed by atoms with Crippen molar-refractivity contribution in [1.29, 1.82) is 0 Å². The second-order valence-corrected chi connectivity index (χ2v) is 5.62. The van der Waals surface area contributed by atoms with E-state index in [0.29, 0.717) is 23.5 Å². The van der Waals surface area contributed by atoms with E-state index in [1.807, 2.05) is 6.07 Å². The molecule has 0 unspecified atom stereocenters. The van der Waals surface area contributed by atoms with Crippen LogP contribution in [0.15, 0.2) is 48.5 Å². The molecule has 0 bridgehead atoms. The molecule has 0 aromatic heterocycles. The van der Waals surface area contributed by atoms with E-state index in [1.54, 1.807) is 42.5 Å². The van der Waals surface area contributed by atoms with E-state index >= 15 is 0 Å². The summed E-state index contributed by atoms with van der Waals surface area (Å²) in [5.41, 5.74) is 2.78. The van der Waals surface area contributed by atoms with Gasteiger partial charge in [0.15, 0.2) is 5.78 Å². The molecule has 6 nitrogen and oxygen atoms in total. The highest BCUT2D eigenvalue weighted by atomic mass is 16.2. The number of ketones is 1. The zero-order chi connectivity index (χ0) is 18.2. The number of rotatable bonds is 7. The Kier molecular flexibility index (Phi) is 6.28. The molecule has 0 aliphatic heterocycles. The van der Waals surface area contributed by atoms with Crippen LogP contribution in [0.2, 0.25) is 0 Å². The van der Waals surface area contributed by atoms with Gasteiger partial charge in [-0.2, -0.15) is 0 Å². The molecule has 0 aliphatic rings. The lowest BCUT2D eigenvalue weighted by Crippen LogP contribution is -2.16. The van der Waals surface area contributed by atoms with Crippen molar-refractivity contribution in [1.82, 2.24) is 0 Å². The normalized spacial score (nSPS) is 10.0. The molecule has 0 atom stereocenters. The molecular weight excluding hydrogens is 318 g/mol. The van der Waals surface area contributed by atoms with Gasteiger partial charge in [-0.3, -0.25) is 14.4 Å². The van der Waals surface area contributed by atoms with Crippen LogP contribution in [0.1, 0.15) is 30.6 Å². The molecule has 0 saturated carbocycles. The first kappa shape index (κ1) is 18.2. The molecule has 130 valence electrons. The average Bonchev–Trinajstić information content (AvgIpc) is 2.56. The minimum atomic E-state index is -0.142. The van der Waals surface area contributed by atoms with Crippen LogP contribution in [0, 0.1) is 0 Å². The maximum absolute atomic E-state index is 12.0. The fraction of sp³-hybridized carbons (Fsp3) is 0.211. The van der Waals surface area contributed by atoms with Crippen molar-refractivity contribution in [3.63, 3.8) is 0 Å². The molecule has 2 aromatic carbocycles. The second kappa shape index (κ2) is 8.63. The van der Waals surface area contributed by atoms with Gasteiger partial charge in [0.05, 0.1) is 0 Å². The Morgan fingerprint density at radius 2 is 1.48 bits per heavy atom. The van der Waals surface area contributed by atoms with Gasteiger partial charge in [-0.15, -0.1) is 0 Å². The Morgan fingerprint density at radius 3 is 2.08 bits per heavy atom. The maximum Gasteiger partial charge on any atom is 0.226 e. The van der Waals surface area contributed by atoms with E-state index in [-0.39, 0.29) is 24.0 Å². The van der Waals surface area contributed by atoms with Gasteiger partial charge in [0.2, 0.25) is 11.8 Å². The third-order valence-electron chi connectivity index (χ3n) is 3.44. The van der Waals surface area contributed by atoms with E-state index < -0.39 is 0 Å². The van der Waals surface area contributed by atoms with Crippen LogP contribution in [0.4, 0.5) is 17.1 Å². The molecular formula is C19H21N3O3. The monoisotopic (exact) mass is 339 g/mol. The Bertz CT molecular complexity index is 770. The van der Waals surface area contributed by atoms with Crippen LogP contribution in [0.25, 0.3) is 0 Å². The maximum atomic E-state index is 12.0. The van der Waals surface area contributed by atoms with Gasteiger partial charge in [0.25, 0.3) is 0 Å². The Hall–Kier alpha value is -3.15. The van der Waals surface area contributed by atoms with Gasteiger partial charge in [-0.25, -0.2) is 0 Å². The van der Waals surface area contributed by atoms with Crippen LogP contribution >= 0.6 is 0 Å². The number of Topliss-reactive ketones (excluding diaryl/α,β-unsaturated/α-hetero) is 1. The molecule has 2 rings (SSSR count). The number of nitrogens with one attached hydrogen (secondary N) is 3. The summed E-state index contributed by atoms with van der Waals surface area (Å²) in [5.74, 6) is -0.261. The van der Waals surface area contributed by atoms with Crippen molar-refractivity contribution in [3.8, 4) is 0 Å². The van der Waals surface area contributed by atoms with Gasteiger partial charge in [0.1, 0.15) is 0 Å². The van der Waals surface area contributed by atoms with E-state index in [0.717, 1.165) is 5.69 Å². The molecule has 2 aromatic rings. The summed E-state index contributed by atoms with van der Waals surface area (Å²) in [6.07, 6.45) is 0.289. The largest absolute Gasteiger partial charge is 0.385 e. The standard InChI is InChI=1S/C19H21N3O3/c1-13(23)15-4-3-5-18(12-15)20-11-10-19(25)22-17-8-6-16(7-9-17)21-14(2)24/h3-9,12,20H,10-11H2,1-2H3,(H,21,24)(H,22,25). The summed E-state index contributed by atoms with van der Waals surface area (Å²) in [4.78, 5) is 34.3. The summed E-state index contributed by atoms with van der Waals surface area (Å²) < 4.78 is 0. The van der Waals surface area contributed by atoms with Crippen molar-refractivity contribution in [3.05, 3.63) is 54.1 Å². The van der Waals surface area contributed by atoms with Crippen LogP contribution in [0.5, 0.6) is 0 Å². The molecule has 25 heavy (non-hydrogen) atoms. The van der Waals surface area contributed by atoms with Crippen molar-refractivity contribution in [2.24, 2.45) is 0 Å². The van der Waals surface area contributed by atoms with Gasteiger partial charge in [-0.05, 0) is 43.3 Å². The summed E-state index contributed by atoms with van der Waals surface area (Å²) >= 11 is 0. The highest BCUT2D eigenvalue weighted by molar-refractivity contribution is 5.95. The Labute approximate surface area is 146 Å². The van der Waals surface area contributed by atoms with Gasteiger partial charge in [0, 0.05) is 42.5 Å². The third-order valence-corrected chi connectivity index (χ3v) is 3.44. The smallest absolute Gasteiger partial charge is 0.226 e. The predicted molar refractivity (Wildman–Crippen MR) is 98.9 cm³/mol. The number of carbonyl (C=O) groups excluding carboxylic acids is 3. The van der Waals surface area contributed by atoms with E-state index in [1.165, 1.54) is 13.8 Å². The van der Waals surface area contributed by atoms with Crippen molar-refractivity contribution >= 4 is 34.7 Å². The molecule has 0 fully saturated rings. The average molecular weight is 339 g/mol. The molecule has 0 heterocycles. The highest BCUT2D eigenvalue weighted by Gasteiger charge is 2.04. The molecule has 0 saturated heterocycles. The number of benzene rings is 2. The number of hydrogen-bond acceptors (Lipinski definition) is 4. The number of hydrogen-bond donors (Lipinski definition) is 3. The molecule has 6 heteroatoms. The lowest BCUT2D eigenvalue weighted by atomic mass is 10.1. The van der Waals surface area contributed by atoms with Gasteiger partial charge >= 0.3 is 0 Å². The fourth-order valence-electron chi connectivity index (χ4n) is 2.23. The van der Waals surface area contributed by atoms with Crippen LogP contribution in [-0.4, -0.2) is 24.1 Å². The Balaban J connectivity index is 1.79.